The molecule has 1 aliphatic heterocycles. The van der Waals surface area contributed by atoms with Gasteiger partial charge in [0.15, 0.2) is 17.3 Å². The minimum Gasteiger partial charge on any atom is -0.350 e. The maximum atomic E-state index is 13.5. The summed E-state index contributed by atoms with van der Waals surface area (Å²) >= 11 is 13.0. The fourth-order valence-electron chi connectivity index (χ4n) is 4.25. The zero-order chi connectivity index (χ0) is 23.7. The van der Waals surface area contributed by atoms with E-state index in [2.05, 4.69) is 15.6 Å². The van der Waals surface area contributed by atoms with Crippen LogP contribution in [0.5, 0.6) is 0 Å². The molecule has 2 aromatic carbocycles. The summed E-state index contributed by atoms with van der Waals surface area (Å²) in [6, 6.07) is 9.14. The predicted octanol–water partition coefficient (Wildman–Crippen LogP) is 5.69. The summed E-state index contributed by atoms with van der Waals surface area (Å²) in [7, 11) is 0. The average molecular weight is 503 g/mol. The highest BCUT2D eigenvalue weighted by molar-refractivity contribution is 6.39. The first-order valence-corrected chi connectivity index (χ1v) is 11.8. The van der Waals surface area contributed by atoms with Crippen LogP contribution in [-0.2, 0) is 13.1 Å². The van der Waals surface area contributed by atoms with Crippen LogP contribution in [0.15, 0.2) is 42.6 Å². The molecule has 0 saturated carbocycles. The van der Waals surface area contributed by atoms with Crippen LogP contribution < -0.4 is 10.6 Å². The van der Waals surface area contributed by atoms with Crippen molar-refractivity contribution in [3.05, 3.63) is 69.8 Å². The monoisotopic (exact) mass is 502 g/mol. The van der Waals surface area contributed by atoms with Crippen molar-refractivity contribution in [3.63, 3.8) is 0 Å². The number of benzene rings is 2. The Morgan fingerprint density at radius 2 is 1.91 bits per heavy atom. The van der Waals surface area contributed by atoms with Crippen LogP contribution in [0.2, 0.25) is 10.0 Å². The highest BCUT2D eigenvalue weighted by Gasteiger charge is 2.23. The molecule has 2 aromatic heterocycles. The van der Waals surface area contributed by atoms with Crippen molar-refractivity contribution in [2.24, 2.45) is 5.92 Å². The van der Waals surface area contributed by atoms with E-state index < -0.39 is 11.6 Å². The Balaban J connectivity index is 1.52. The fourth-order valence-corrected chi connectivity index (χ4v) is 4.81. The number of fused-ring (bicyclic) bond motifs is 1. The van der Waals surface area contributed by atoms with Crippen LogP contribution >= 0.6 is 23.2 Å². The van der Waals surface area contributed by atoms with Crippen LogP contribution in [-0.4, -0.2) is 32.6 Å². The van der Waals surface area contributed by atoms with Gasteiger partial charge in [0.2, 0.25) is 5.95 Å². The molecule has 34 heavy (non-hydrogen) atoms. The maximum absolute atomic E-state index is 13.5. The third kappa shape index (κ3) is 4.71. The van der Waals surface area contributed by atoms with Gasteiger partial charge >= 0.3 is 0 Å². The van der Waals surface area contributed by atoms with Crippen molar-refractivity contribution in [2.75, 3.05) is 18.4 Å². The quantitative estimate of drug-likeness (QED) is 0.354. The van der Waals surface area contributed by atoms with Crippen molar-refractivity contribution in [1.82, 2.24) is 24.8 Å². The van der Waals surface area contributed by atoms with Crippen molar-refractivity contribution < 1.29 is 8.78 Å². The van der Waals surface area contributed by atoms with Gasteiger partial charge in [0.25, 0.3) is 0 Å². The summed E-state index contributed by atoms with van der Waals surface area (Å²) in [6.45, 7) is 2.86. The number of imidazole rings is 1. The van der Waals surface area contributed by atoms with E-state index in [0.29, 0.717) is 56.6 Å². The highest BCUT2D eigenvalue weighted by Crippen LogP contribution is 2.36. The number of halogens is 4. The second kappa shape index (κ2) is 9.82. The Labute approximate surface area is 205 Å². The third-order valence-corrected chi connectivity index (χ3v) is 6.58. The lowest BCUT2D eigenvalue weighted by molar-refractivity contribution is 0.341. The molecule has 1 aliphatic rings. The molecule has 0 amide bonds. The summed E-state index contributed by atoms with van der Waals surface area (Å²) in [5.41, 5.74) is 2.50. The van der Waals surface area contributed by atoms with Crippen LogP contribution in [0, 0.1) is 17.6 Å². The molecule has 3 heterocycles. The second-order valence-corrected chi connectivity index (χ2v) is 9.17. The van der Waals surface area contributed by atoms with Gasteiger partial charge in [0.05, 0.1) is 21.8 Å². The maximum Gasteiger partial charge on any atom is 0.225 e. The minimum absolute atomic E-state index is 0.243. The minimum atomic E-state index is -0.893. The summed E-state index contributed by atoms with van der Waals surface area (Å²) in [6.07, 6.45) is 3.84. The van der Waals surface area contributed by atoms with E-state index >= 15 is 0 Å². The number of rotatable bonds is 6. The standard InChI is InChI=1S/C24H22Cl2F2N6/c25-16-4-1-5-17(26)21(16)23-32-20-12-31-24(30-11-14-6-7-18(27)19(28)9-14)33-22(20)34(23)13-15-3-2-8-29-10-15/h1,4-7,9,12,15,29H,2-3,8,10-11,13H2,(H,30,31,33)/t15-/m1/s1. The molecule has 1 saturated heterocycles. The van der Waals surface area contributed by atoms with Gasteiger partial charge in [0, 0.05) is 13.1 Å². The smallest absolute Gasteiger partial charge is 0.225 e. The summed E-state index contributed by atoms with van der Waals surface area (Å²) < 4.78 is 28.8. The molecule has 0 spiro atoms. The summed E-state index contributed by atoms with van der Waals surface area (Å²) in [4.78, 5) is 13.8. The molecule has 0 unspecified atom stereocenters. The molecule has 4 aromatic rings. The van der Waals surface area contributed by atoms with Gasteiger partial charge < -0.3 is 15.2 Å². The Kier molecular flexibility index (Phi) is 6.63. The molecule has 10 heteroatoms. The lowest BCUT2D eigenvalue weighted by Gasteiger charge is -2.24. The lowest BCUT2D eigenvalue weighted by Crippen LogP contribution is -2.32. The normalized spacial score (nSPS) is 16.2. The molecule has 5 rings (SSSR count). The zero-order valence-corrected chi connectivity index (χ0v) is 19.7. The first kappa shape index (κ1) is 23.0. The Morgan fingerprint density at radius 3 is 2.65 bits per heavy atom. The molecule has 0 bridgehead atoms. The first-order valence-electron chi connectivity index (χ1n) is 11.1. The molecule has 6 nitrogen and oxygen atoms in total. The molecule has 1 atom stereocenters. The number of nitrogens with zero attached hydrogens (tertiary/aromatic N) is 4. The van der Waals surface area contributed by atoms with E-state index in [-0.39, 0.29) is 6.54 Å². The number of hydrogen-bond acceptors (Lipinski definition) is 5. The van der Waals surface area contributed by atoms with Crippen LogP contribution in [0.25, 0.3) is 22.6 Å². The Bertz CT molecular complexity index is 1320. The summed E-state index contributed by atoms with van der Waals surface area (Å²) in [5, 5.41) is 7.55. The van der Waals surface area contributed by atoms with E-state index in [1.807, 2.05) is 4.57 Å². The van der Waals surface area contributed by atoms with E-state index in [1.165, 1.54) is 6.07 Å². The summed E-state index contributed by atoms with van der Waals surface area (Å²) in [5.74, 6) is -0.371. The van der Waals surface area contributed by atoms with Crippen molar-refractivity contribution in [3.8, 4) is 11.4 Å². The van der Waals surface area contributed by atoms with E-state index in [4.69, 9.17) is 33.2 Å². The van der Waals surface area contributed by atoms with Gasteiger partial charge in [0.1, 0.15) is 11.3 Å². The third-order valence-electron chi connectivity index (χ3n) is 5.95. The fraction of sp³-hybridized carbons (Fsp3) is 0.292. The van der Waals surface area contributed by atoms with E-state index in [0.717, 1.165) is 38.1 Å². The SMILES string of the molecule is Fc1ccc(CNc2ncc3nc(-c4c(Cl)cccc4Cl)n(C[C@@H]4CCCNC4)c3n2)cc1F. The molecule has 0 radical (unpaired) electrons. The van der Waals surface area contributed by atoms with Gasteiger partial charge in [-0.1, -0.05) is 35.3 Å². The number of hydrogen-bond donors (Lipinski definition) is 2. The second-order valence-electron chi connectivity index (χ2n) is 8.36. The van der Waals surface area contributed by atoms with Crippen LogP contribution in [0.3, 0.4) is 0 Å². The molecule has 2 N–H and O–H groups in total. The van der Waals surface area contributed by atoms with Gasteiger partial charge in [-0.2, -0.15) is 4.98 Å². The topological polar surface area (TPSA) is 67.7 Å². The zero-order valence-electron chi connectivity index (χ0n) is 18.2. The van der Waals surface area contributed by atoms with E-state index in [9.17, 15) is 8.78 Å². The Morgan fingerprint density at radius 1 is 1.09 bits per heavy atom. The Hall–Kier alpha value is -2.81. The van der Waals surface area contributed by atoms with Crippen molar-refractivity contribution >= 4 is 40.3 Å². The first-order chi connectivity index (χ1) is 16.5. The van der Waals surface area contributed by atoms with Gasteiger partial charge in [-0.3, -0.25) is 0 Å². The number of piperidine rings is 1. The van der Waals surface area contributed by atoms with Crippen LogP contribution in [0.4, 0.5) is 14.7 Å². The number of anilines is 1. The predicted molar refractivity (Wildman–Crippen MR) is 130 cm³/mol. The largest absolute Gasteiger partial charge is 0.350 e. The molecule has 176 valence electrons. The molecular formula is C24H22Cl2F2N6. The number of aromatic nitrogens is 4. The van der Waals surface area contributed by atoms with E-state index in [1.54, 1.807) is 24.4 Å². The van der Waals surface area contributed by atoms with Gasteiger partial charge in [-0.05, 0) is 61.7 Å². The highest BCUT2D eigenvalue weighted by atomic mass is 35.5. The molecule has 0 aliphatic carbocycles. The van der Waals surface area contributed by atoms with Crippen molar-refractivity contribution in [1.29, 1.82) is 0 Å². The molecular weight excluding hydrogens is 481 g/mol. The average Bonchev–Trinajstić information content (AvgIpc) is 3.17. The lowest BCUT2D eigenvalue weighted by atomic mass is 9.99. The van der Waals surface area contributed by atoms with Gasteiger partial charge in [-0.15, -0.1) is 0 Å². The van der Waals surface area contributed by atoms with Crippen molar-refractivity contribution in [2.45, 2.75) is 25.9 Å². The number of nitrogens with one attached hydrogen (secondary N) is 2. The molecule has 1 fully saturated rings. The van der Waals surface area contributed by atoms with Gasteiger partial charge in [-0.25, -0.2) is 18.7 Å². The van der Waals surface area contributed by atoms with Crippen LogP contribution in [0.1, 0.15) is 18.4 Å².